The van der Waals surface area contributed by atoms with Crippen LogP contribution in [-0.2, 0) is 9.57 Å². The first kappa shape index (κ1) is 15.4. The Bertz CT molecular complexity index is 529. The Labute approximate surface area is 125 Å². The molecular weight excluding hydrogens is 268 g/mol. The average molecular weight is 290 g/mol. The zero-order chi connectivity index (χ0) is 15.5. The van der Waals surface area contributed by atoms with E-state index in [0.717, 1.165) is 11.3 Å². The molecule has 1 atom stereocenters. The minimum atomic E-state index is -0.496. The van der Waals surface area contributed by atoms with Gasteiger partial charge in [0.25, 0.3) is 0 Å². The SMILES string of the molecule is Cc1ccc(C2=NOC(CNC(=O)OC(C)(C)C)C2)cc1. The molecule has 0 aromatic heterocycles. The molecule has 0 saturated heterocycles. The molecule has 1 aromatic carbocycles. The fourth-order valence-electron chi connectivity index (χ4n) is 1.97. The van der Waals surface area contributed by atoms with Crippen LogP contribution in [0.25, 0.3) is 0 Å². The molecule has 5 heteroatoms. The quantitative estimate of drug-likeness (QED) is 0.931. The largest absolute Gasteiger partial charge is 0.444 e. The molecule has 21 heavy (non-hydrogen) atoms. The van der Waals surface area contributed by atoms with Crippen LogP contribution in [0.4, 0.5) is 4.79 Å². The van der Waals surface area contributed by atoms with Crippen LogP contribution in [0, 0.1) is 6.92 Å². The number of ether oxygens (including phenoxy) is 1. The predicted octanol–water partition coefficient (Wildman–Crippen LogP) is 3.01. The number of hydrogen-bond acceptors (Lipinski definition) is 4. The number of hydrogen-bond donors (Lipinski definition) is 1. The third kappa shape index (κ3) is 4.77. The number of amides is 1. The molecule has 0 aliphatic carbocycles. The maximum absolute atomic E-state index is 11.6. The molecule has 1 aliphatic rings. The molecule has 0 radical (unpaired) electrons. The molecule has 0 saturated carbocycles. The van der Waals surface area contributed by atoms with Crippen molar-refractivity contribution in [2.24, 2.45) is 5.16 Å². The van der Waals surface area contributed by atoms with E-state index in [1.165, 1.54) is 5.56 Å². The van der Waals surface area contributed by atoms with Crippen LogP contribution in [0.1, 0.15) is 38.3 Å². The van der Waals surface area contributed by atoms with Crippen molar-refractivity contribution in [2.75, 3.05) is 6.54 Å². The lowest BCUT2D eigenvalue weighted by Crippen LogP contribution is -2.37. The topological polar surface area (TPSA) is 59.9 Å². The highest BCUT2D eigenvalue weighted by Crippen LogP contribution is 2.17. The van der Waals surface area contributed by atoms with Crippen LogP contribution >= 0.6 is 0 Å². The molecule has 1 aromatic rings. The number of aryl methyl sites for hydroxylation is 1. The molecular formula is C16H22N2O3. The second-order valence-electron chi connectivity index (χ2n) is 6.22. The summed E-state index contributed by atoms with van der Waals surface area (Å²) in [6.45, 7) is 7.92. The van der Waals surface area contributed by atoms with Crippen molar-refractivity contribution >= 4 is 11.8 Å². The minimum absolute atomic E-state index is 0.145. The fourth-order valence-corrected chi connectivity index (χ4v) is 1.97. The maximum Gasteiger partial charge on any atom is 0.407 e. The van der Waals surface area contributed by atoms with Crippen molar-refractivity contribution < 1.29 is 14.4 Å². The number of oxime groups is 1. The summed E-state index contributed by atoms with van der Waals surface area (Å²) in [6.07, 6.45) is 0.0995. The van der Waals surface area contributed by atoms with Crippen molar-refractivity contribution in [1.29, 1.82) is 0 Å². The summed E-state index contributed by atoms with van der Waals surface area (Å²) in [5, 5.41) is 6.80. The second-order valence-corrected chi connectivity index (χ2v) is 6.22. The van der Waals surface area contributed by atoms with Gasteiger partial charge in [-0.1, -0.05) is 35.0 Å². The van der Waals surface area contributed by atoms with Gasteiger partial charge in [-0.15, -0.1) is 0 Å². The molecule has 1 N–H and O–H groups in total. The monoisotopic (exact) mass is 290 g/mol. The Kier molecular flexibility index (Phi) is 4.50. The van der Waals surface area contributed by atoms with Crippen LogP contribution < -0.4 is 5.32 Å². The molecule has 114 valence electrons. The Morgan fingerprint density at radius 2 is 2.05 bits per heavy atom. The molecule has 0 fully saturated rings. The summed E-state index contributed by atoms with van der Waals surface area (Å²) in [4.78, 5) is 16.9. The zero-order valence-corrected chi connectivity index (χ0v) is 13.0. The fraction of sp³-hybridized carbons (Fsp3) is 0.500. The van der Waals surface area contributed by atoms with Crippen molar-refractivity contribution in [2.45, 2.75) is 45.8 Å². The molecule has 0 bridgehead atoms. The van der Waals surface area contributed by atoms with Gasteiger partial charge in [0.2, 0.25) is 0 Å². The molecule has 5 nitrogen and oxygen atoms in total. The van der Waals surface area contributed by atoms with E-state index in [-0.39, 0.29) is 6.10 Å². The van der Waals surface area contributed by atoms with E-state index in [4.69, 9.17) is 9.57 Å². The van der Waals surface area contributed by atoms with Crippen molar-refractivity contribution in [3.05, 3.63) is 35.4 Å². The summed E-state index contributed by atoms with van der Waals surface area (Å²) in [6, 6.07) is 8.15. The van der Waals surface area contributed by atoms with Gasteiger partial charge in [-0.25, -0.2) is 4.79 Å². The first-order valence-corrected chi connectivity index (χ1v) is 7.10. The van der Waals surface area contributed by atoms with Gasteiger partial charge in [0.1, 0.15) is 5.60 Å². The zero-order valence-electron chi connectivity index (χ0n) is 13.0. The minimum Gasteiger partial charge on any atom is -0.444 e. The first-order chi connectivity index (χ1) is 9.83. The van der Waals surface area contributed by atoms with Crippen molar-refractivity contribution in [3.8, 4) is 0 Å². The number of nitrogens with zero attached hydrogens (tertiary/aromatic N) is 1. The Morgan fingerprint density at radius 1 is 1.38 bits per heavy atom. The van der Waals surface area contributed by atoms with Gasteiger partial charge in [0.15, 0.2) is 6.10 Å². The highest BCUT2D eigenvalue weighted by molar-refractivity contribution is 6.01. The summed E-state index contributed by atoms with van der Waals surface area (Å²) in [7, 11) is 0. The molecule has 1 unspecified atom stereocenters. The molecule has 2 rings (SSSR count). The van der Waals surface area contributed by atoms with E-state index in [2.05, 4.69) is 10.5 Å². The average Bonchev–Trinajstić information content (AvgIpc) is 2.84. The maximum atomic E-state index is 11.6. The number of carbonyl (C=O) groups excluding carboxylic acids is 1. The number of benzene rings is 1. The standard InChI is InChI=1S/C16H22N2O3/c1-11-5-7-12(8-6-11)14-9-13(21-18-14)10-17-15(19)20-16(2,3)4/h5-8,13H,9-10H2,1-4H3,(H,17,19). The van der Waals surface area contributed by atoms with Gasteiger partial charge in [-0.05, 0) is 33.3 Å². The van der Waals surface area contributed by atoms with Crippen LogP contribution in [0.3, 0.4) is 0 Å². The smallest absolute Gasteiger partial charge is 0.407 e. The van der Waals surface area contributed by atoms with E-state index >= 15 is 0 Å². The predicted molar refractivity (Wildman–Crippen MR) is 81.4 cm³/mol. The lowest BCUT2D eigenvalue weighted by molar-refractivity contribution is 0.0439. The number of nitrogens with one attached hydrogen (secondary N) is 1. The molecule has 1 heterocycles. The first-order valence-electron chi connectivity index (χ1n) is 7.10. The summed E-state index contributed by atoms with van der Waals surface area (Å²) < 4.78 is 5.18. The summed E-state index contributed by atoms with van der Waals surface area (Å²) in [5.41, 5.74) is 2.68. The highest BCUT2D eigenvalue weighted by Gasteiger charge is 2.24. The lowest BCUT2D eigenvalue weighted by Gasteiger charge is -2.20. The van der Waals surface area contributed by atoms with Crippen LogP contribution in [0.15, 0.2) is 29.4 Å². The number of carbonyl (C=O) groups is 1. The van der Waals surface area contributed by atoms with Crippen LogP contribution in [0.5, 0.6) is 0 Å². The van der Waals surface area contributed by atoms with Gasteiger partial charge >= 0.3 is 6.09 Å². The van der Waals surface area contributed by atoms with Gasteiger partial charge in [-0.3, -0.25) is 0 Å². The van der Waals surface area contributed by atoms with E-state index < -0.39 is 11.7 Å². The lowest BCUT2D eigenvalue weighted by atomic mass is 10.0. The van der Waals surface area contributed by atoms with E-state index in [9.17, 15) is 4.79 Å². The molecule has 1 amide bonds. The number of alkyl carbamates (subject to hydrolysis) is 1. The number of rotatable bonds is 3. The van der Waals surface area contributed by atoms with Crippen molar-refractivity contribution in [1.82, 2.24) is 5.32 Å². The Morgan fingerprint density at radius 3 is 2.67 bits per heavy atom. The second kappa shape index (κ2) is 6.16. The van der Waals surface area contributed by atoms with Gasteiger partial charge in [-0.2, -0.15) is 0 Å². The third-order valence-corrected chi connectivity index (χ3v) is 2.99. The van der Waals surface area contributed by atoms with E-state index in [0.29, 0.717) is 13.0 Å². The van der Waals surface area contributed by atoms with Gasteiger partial charge < -0.3 is 14.9 Å². The Hall–Kier alpha value is -2.04. The summed E-state index contributed by atoms with van der Waals surface area (Å²) >= 11 is 0. The normalized spacial score (nSPS) is 17.9. The van der Waals surface area contributed by atoms with Gasteiger partial charge in [0.05, 0.1) is 12.3 Å². The highest BCUT2D eigenvalue weighted by atomic mass is 16.6. The van der Waals surface area contributed by atoms with E-state index in [1.54, 1.807) is 0 Å². The van der Waals surface area contributed by atoms with Crippen molar-refractivity contribution in [3.63, 3.8) is 0 Å². The van der Waals surface area contributed by atoms with Crippen LogP contribution in [0.2, 0.25) is 0 Å². The molecule has 1 aliphatic heterocycles. The molecule has 0 spiro atoms. The third-order valence-electron chi connectivity index (χ3n) is 2.99. The summed E-state index contributed by atoms with van der Waals surface area (Å²) in [5.74, 6) is 0. The van der Waals surface area contributed by atoms with Crippen LogP contribution in [-0.4, -0.2) is 30.1 Å². The van der Waals surface area contributed by atoms with E-state index in [1.807, 2.05) is 52.0 Å². The van der Waals surface area contributed by atoms with Gasteiger partial charge in [0, 0.05) is 6.42 Å². The Balaban J connectivity index is 1.80.